The molecule has 3 heteroatoms. The van der Waals surface area contributed by atoms with E-state index in [1.54, 1.807) is 6.07 Å². The van der Waals surface area contributed by atoms with Crippen LogP contribution in [0.2, 0.25) is 0 Å². The standard InChI is InChI=1S/C13H18N2O/c1-9(14-2)7-11-8-10-5-4-6-12(16)13(10)15(11)3/h4-6,8-9,14,16H,7H2,1-3H3. The summed E-state index contributed by atoms with van der Waals surface area (Å²) in [6.45, 7) is 2.15. The maximum absolute atomic E-state index is 9.82. The number of hydrogen-bond donors (Lipinski definition) is 2. The number of rotatable bonds is 3. The van der Waals surface area contributed by atoms with Crippen LogP contribution >= 0.6 is 0 Å². The summed E-state index contributed by atoms with van der Waals surface area (Å²) < 4.78 is 2.07. The molecule has 0 spiro atoms. The minimum absolute atomic E-state index is 0.350. The van der Waals surface area contributed by atoms with Crippen molar-refractivity contribution in [3.63, 3.8) is 0 Å². The molecule has 0 aliphatic carbocycles. The zero-order valence-electron chi connectivity index (χ0n) is 9.99. The number of likely N-dealkylation sites (N-methyl/N-ethyl adjacent to an activating group) is 1. The van der Waals surface area contributed by atoms with Gasteiger partial charge in [-0.15, -0.1) is 0 Å². The van der Waals surface area contributed by atoms with Gasteiger partial charge in [0.1, 0.15) is 5.75 Å². The molecule has 86 valence electrons. The molecule has 0 bridgehead atoms. The van der Waals surface area contributed by atoms with Crippen LogP contribution in [0.4, 0.5) is 0 Å². The maximum atomic E-state index is 9.82. The van der Waals surface area contributed by atoms with Crippen molar-refractivity contribution in [2.45, 2.75) is 19.4 Å². The molecule has 3 nitrogen and oxygen atoms in total. The lowest BCUT2D eigenvalue weighted by Gasteiger charge is -2.11. The number of aryl methyl sites for hydroxylation is 1. The smallest absolute Gasteiger partial charge is 0.139 e. The van der Waals surface area contributed by atoms with Crippen LogP contribution in [-0.2, 0) is 13.5 Å². The fourth-order valence-electron chi connectivity index (χ4n) is 2.06. The van der Waals surface area contributed by atoms with E-state index < -0.39 is 0 Å². The average molecular weight is 218 g/mol. The number of nitrogens with one attached hydrogen (secondary N) is 1. The molecule has 2 N–H and O–H groups in total. The lowest BCUT2D eigenvalue weighted by Crippen LogP contribution is -2.24. The number of fused-ring (bicyclic) bond motifs is 1. The molecule has 1 aromatic heterocycles. The number of nitrogens with zero attached hydrogens (tertiary/aromatic N) is 1. The highest BCUT2D eigenvalue weighted by Gasteiger charge is 2.10. The number of phenols is 1. The lowest BCUT2D eigenvalue weighted by molar-refractivity contribution is 0.478. The Hall–Kier alpha value is -1.48. The van der Waals surface area contributed by atoms with Crippen LogP contribution in [-0.4, -0.2) is 22.8 Å². The van der Waals surface area contributed by atoms with Crippen molar-refractivity contribution in [1.82, 2.24) is 9.88 Å². The number of phenolic OH excluding ortho intramolecular Hbond substituents is 1. The van der Waals surface area contributed by atoms with Crippen LogP contribution in [0.15, 0.2) is 24.3 Å². The van der Waals surface area contributed by atoms with Crippen LogP contribution in [0, 0.1) is 0 Å². The summed E-state index contributed by atoms with van der Waals surface area (Å²) in [5.74, 6) is 0.350. The van der Waals surface area contributed by atoms with Crippen molar-refractivity contribution in [1.29, 1.82) is 0 Å². The molecule has 0 radical (unpaired) electrons. The normalized spacial score (nSPS) is 13.2. The second-order valence-corrected chi connectivity index (χ2v) is 4.30. The summed E-state index contributed by atoms with van der Waals surface area (Å²) in [5, 5.41) is 14.1. The third kappa shape index (κ3) is 1.78. The third-order valence-corrected chi connectivity index (χ3v) is 3.14. The van der Waals surface area contributed by atoms with Crippen molar-refractivity contribution in [2.75, 3.05) is 7.05 Å². The zero-order chi connectivity index (χ0) is 11.7. The van der Waals surface area contributed by atoms with Gasteiger partial charge in [-0.3, -0.25) is 0 Å². The monoisotopic (exact) mass is 218 g/mol. The Morgan fingerprint density at radius 3 is 2.81 bits per heavy atom. The summed E-state index contributed by atoms with van der Waals surface area (Å²) in [5.41, 5.74) is 2.15. The second-order valence-electron chi connectivity index (χ2n) is 4.30. The molecule has 0 saturated carbocycles. The number of para-hydroxylation sites is 1. The average Bonchev–Trinajstić information content (AvgIpc) is 2.57. The molecule has 2 rings (SSSR count). The van der Waals surface area contributed by atoms with Gasteiger partial charge in [0.25, 0.3) is 0 Å². The highest BCUT2D eigenvalue weighted by molar-refractivity contribution is 5.86. The lowest BCUT2D eigenvalue weighted by atomic mass is 10.2. The summed E-state index contributed by atoms with van der Waals surface area (Å²) in [6.07, 6.45) is 0.959. The molecular weight excluding hydrogens is 200 g/mol. The van der Waals surface area contributed by atoms with E-state index in [4.69, 9.17) is 0 Å². The van der Waals surface area contributed by atoms with Crippen molar-refractivity contribution >= 4 is 10.9 Å². The van der Waals surface area contributed by atoms with Crippen molar-refractivity contribution in [2.24, 2.45) is 7.05 Å². The van der Waals surface area contributed by atoms with Gasteiger partial charge < -0.3 is 15.0 Å². The maximum Gasteiger partial charge on any atom is 0.139 e. The first-order valence-electron chi connectivity index (χ1n) is 5.57. The van der Waals surface area contributed by atoms with E-state index in [1.807, 2.05) is 26.2 Å². The Balaban J connectivity index is 2.48. The molecule has 0 amide bonds. The molecule has 1 atom stereocenters. The van der Waals surface area contributed by atoms with E-state index in [2.05, 4.69) is 22.9 Å². The first-order valence-corrected chi connectivity index (χ1v) is 5.57. The Morgan fingerprint density at radius 2 is 2.19 bits per heavy atom. The minimum Gasteiger partial charge on any atom is -0.506 e. The fraction of sp³-hybridized carbons (Fsp3) is 0.385. The zero-order valence-corrected chi connectivity index (χ0v) is 9.99. The Kier molecular flexibility index (Phi) is 2.88. The summed E-state index contributed by atoms with van der Waals surface area (Å²) in [7, 11) is 3.96. The van der Waals surface area contributed by atoms with Gasteiger partial charge in [0, 0.05) is 30.6 Å². The summed E-state index contributed by atoms with van der Waals surface area (Å²) in [6, 6.07) is 8.22. The Morgan fingerprint density at radius 1 is 1.44 bits per heavy atom. The number of aromatic hydroxyl groups is 1. The molecule has 2 aromatic rings. The molecule has 1 aromatic carbocycles. The van der Waals surface area contributed by atoms with Gasteiger partial charge >= 0.3 is 0 Å². The SMILES string of the molecule is CNC(C)Cc1cc2cccc(O)c2n1C. The Bertz CT molecular complexity index is 502. The first kappa shape index (κ1) is 11.0. The summed E-state index contributed by atoms with van der Waals surface area (Å²) >= 11 is 0. The first-order chi connectivity index (χ1) is 7.63. The predicted octanol–water partition coefficient (Wildman–Crippen LogP) is 2.03. The van der Waals surface area contributed by atoms with E-state index in [0.717, 1.165) is 17.3 Å². The molecule has 1 heterocycles. The number of benzene rings is 1. The highest BCUT2D eigenvalue weighted by Crippen LogP contribution is 2.27. The van der Waals surface area contributed by atoms with Gasteiger partial charge in [0.2, 0.25) is 0 Å². The van der Waals surface area contributed by atoms with Crippen molar-refractivity contribution < 1.29 is 5.11 Å². The predicted molar refractivity (Wildman–Crippen MR) is 66.8 cm³/mol. The minimum atomic E-state index is 0.350. The van der Waals surface area contributed by atoms with E-state index in [1.165, 1.54) is 5.69 Å². The van der Waals surface area contributed by atoms with Crippen molar-refractivity contribution in [3.8, 4) is 5.75 Å². The van der Waals surface area contributed by atoms with Crippen LogP contribution in [0.1, 0.15) is 12.6 Å². The van der Waals surface area contributed by atoms with E-state index in [0.29, 0.717) is 11.8 Å². The summed E-state index contributed by atoms with van der Waals surface area (Å²) in [4.78, 5) is 0. The number of aromatic nitrogens is 1. The molecule has 16 heavy (non-hydrogen) atoms. The molecule has 0 saturated heterocycles. The second kappa shape index (κ2) is 4.18. The van der Waals surface area contributed by atoms with Crippen LogP contribution < -0.4 is 5.32 Å². The van der Waals surface area contributed by atoms with Gasteiger partial charge in [0.05, 0.1) is 5.52 Å². The van der Waals surface area contributed by atoms with Gasteiger partial charge in [0.15, 0.2) is 0 Å². The van der Waals surface area contributed by atoms with Crippen LogP contribution in [0.5, 0.6) is 5.75 Å². The van der Waals surface area contributed by atoms with Crippen LogP contribution in [0.3, 0.4) is 0 Å². The third-order valence-electron chi connectivity index (χ3n) is 3.14. The van der Waals surface area contributed by atoms with Crippen molar-refractivity contribution in [3.05, 3.63) is 30.0 Å². The van der Waals surface area contributed by atoms with Gasteiger partial charge in [-0.2, -0.15) is 0 Å². The van der Waals surface area contributed by atoms with Crippen LogP contribution in [0.25, 0.3) is 10.9 Å². The molecule has 0 aliphatic rings. The molecule has 1 unspecified atom stereocenters. The van der Waals surface area contributed by atoms with Gasteiger partial charge in [-0.05, 0) is 26.1 Å². The molecular formula is C13H18N2O. The van der Waals surface area contributed by atoms with E-state index in [-0.39, 0.29) is 0 Å². The number of hydrogen-bond acceptors (Lipinski definition) is 2. The molecule has 0 fully saturated rings. The quantitative estimate of drug-likeness (QED) is 0.827. The van der Waals surface area contributed by atoms with Gasteiger partial charge in [-0.1, -0.05) is 12.1 Å². The highest BCUT2D eigenvalue weighted by atomic mass is 16.3. The topological polar surface area (TPSA) is 37.2 Å². The molecule has 0 aliphatic heterocycles. The largest absolute Gasteiger partial charge is 0.506 e. The van der Waals surface area contributed by atoms with Gasteiger partial charge in [-0.25, -0.2) is 0 Å². The van der Waals surface area contributed by atoms with E-state index in [9.17, 15) is 5.11 Å². The fourth-order valence-corrected chi connectivity index (χ4v) is 2.06. The van der Waals surface area contributed by atoms with E-state index >= 15 is 0 Å². The Labute approximate surface area is 95.7 Å².